The summed E-state index contributed by atoms with van der Waals surface area (Å²) in [7, 11) is 0. The van der Waals surface area contributed by atoms with Gasteiger partial charge in [-0.2, -0.15) is 0 Å². The third kappa shape index (κ3) is 10.9. The molecule has 0 aromatic carbocycles. The maximum Gasteiger partial charge on any atom is 0.390 e. The number of nitrogens with two attached hydrogens (primary N) is 1. The molecule has 0 heterocycles. The van der Waals surface area contributed by atoms with Crippen LogP contribution in [-0.2, 0) is 30.7 Å². The van der Waals surface area contributed by atoms with Crippen molar-refractivity contribution in [2.45, 2.75) is 168 Å². The Labute approximate surface area is 312 Å². The molecule has 9 heteroatoms. The molecule has 10 atom stereocenters. The van der Waals surface area contributed by atoms with Gasteiger partial charge in [-0.1, -0.05) is 84.8 Å². The SMILES string of the molecule is CC(C)CCC[C@@H](C)[C@H]1CC[C@H]2[C@@H]3CC=C4C[C@@H](NC(=O)CCNC(=[OH+])CCC(=O)O)CC[C@]4(C)[C@H]3CC[C@]12C.[NH-][C@@H]1CCCC[C@H]1N.[Pt]. The molecule has 0 aromatic heterocycles. The standard InChI is InChI=1S/C34H56N2O4.C6H13N2.Pt/c1-22(2)7-6-8-23(3)27-11-12-28-26-10-9-24-21-25(15-18-33(24,4)29(26)16-19-34(27,28)5)36-31(38)17-20-35-30(37)13-14-32(39)40;7-5-3-1-2-4-6(5)8;/h9,22-23,25-29H,6-8,10-21H2,1-5H3,(H,35,37)(H,36,38)(H,39,40);5-7H,1-4,8H2;/q;-1;/p+1/t23-,25+,26+,27-,28+,29+,33+,34-;5-,6-;/m11./s1. The third-order valence-corrected chi connectivity index (χ3v) is 13.7. The van der Waals surface area contributed by atoms with Crippen LogP contribution < -0.4 is 16.4 Å². The number of carbonyl (C=O) groups excluding carboxylic acids is 2. The molecule has 284 valence electrons. The second kappa shape index (κ2) is 19.0. The summed E-state index contributed by atoms with van der Waals surface area (Å²) in [5.74, 6) is 4.00. The number of carboxylic acid groups (broad SMARTS) is 1. The smallest absolute Gasteiger partial charge is 0.390 e. The maximum atomic E-state index is 12.6. The van der Waals surface area contributed by atoms with E-state index in [1.807, 2.05) is 0 Å². The van der Waals surface area contributed by atoms with Gasteiger partial charge in [0.25, 0.3) is 0 Å². The second-order valence-corrected chi connectivity index (χ2v) is 17.4. The number of rotatable bonds is 12. The van der Waals surface area contributed by atoms with Crippen molar-refractivity contribution in [1.29, 1.82) is 0 Å². The normalized spacial score (nSPS) is 35.6. The number of fused-ring (bicyclic) bond motifs is 5. The molecule has 7 N–H and O–H groups in total. The molecule has 5 aliphatic rings. The van der Waals surface area contributed by atoms with E-state index in [1.165, 1.54) is 64.2 Å². The Bertz CT molecular complexity index is 1120. The van der Waals surface area contributed by atoms with E-state index in [4.69, 9.17) is 16.6 Å². The van der Waals surface area contributed by atoms with Crippen LogP contribution in [0.15, 0.2) is 11.6 Å². The van der Waals surface area contributed by atoms with Crippen molar-refractivity contribution in [3.05, 3.63) is 17.4 Å². The van der Waals surface area contributed by atoms with E-state index in [0.29, 0.717) is 12.0 Å². The quantitative estimate of drug-likeness (QED) is 0.116. The first-order chi connectivity index (χ1) is 22.7. The summed E-state index contributed by atoms with van der Waals surface area (Å²) in [6.07, 6.45) is 21.4. The van der Waals surface area contributed by atoms with Crippen LogP contribution in [0.1, 0.15) is 150 Å². The fourth-order valence-electron chi connectivity index (χ4n) is 10.9. The molecule has 4 fully saturated rings. The maximum absolute atomic E-state index is 12.6. The molecule has 5 aliphatic carbocycles. The molecule has 49 heavy (non-hydrogen) atoms. The number of hydrogen-bond donors (Lipinski definition) is 4. The Kier molecular flexibility index (Phi) is 16.4. The van der Waals surface area contributed by atoms with E-state index < -0.39 is 5.97 Å². The molecule has 0 saturated heterocycles. The number of nitrogens with one attached hydrogen (secondary N) is 3. The van der Waals surface area contributed by atoms with Crippen molar-refractivity contribution in [2.24, 2.45) is 52.1 Å². The average molecular weight is 866 g/mol. The average Bonchev–Trinajstić information content (AvgIpc) is 3.39. The fourth-order valence-corrected chi connectivity index (χ4v) is 10.9. The van der Waals surface area contributed by atoms with Crippen LogP contribution in [0.5, 0.6) is 0 Å². The Morgan fingerprint density at radius 3 is 2.39 bits per heavy atom. The largest absolute Gasteiger partial charge is 0.673 e. The molecule has 2 amide bonds. The first kappa shape index (κ1) is 42.2. The molecule has 0 aliphatic heterocycles. The van der Waals surface area contributed by atoms with Crippen LogP contribution in [-0.4, -0.2) is 52.4 Å². The van der Waals surface area contributed by atoms with Crippen molar-refractivity contribution >= 4 is 17.8 Å². The minimum absolute atomic E-state index is 0. The van der Waals surface area contributed by atoms with Gasteiger partial charge in [0.05, 0.1) is 12.8 Å². The van der Waals surface area contributed by atoms with E-state index >= 15 is 0 Å². The number of hydrogen-bond acceptors (Lipinski definition) is 3. The second-order valence-electron chi connectivity index (χ2n) is 17.4. The van der Waals surface area contributed by atoms with Crippen LogP contribution in [0.25, 0.3) is 5.73 Å². The van der Waals surface area contributed by atoms with Gasteiger partial charge in [0, 0.05) is 40.1 Å². The summed E-state index contributed by atoms with van der Waals surface area (Å²) in [6, 6.07) is 0.386. The van der Waals surface area contributed by atoms with Gasteiger partial charge >= 0.3 is 11.9 Å². The summed E-state index contributed by atoms with van der Waals surface area (Å²) in [5, 5.41) is 14.7. The first-order valence-corrected chi connectivity index (χ1v) is 19.7. The third-order valence-electron chi connectivity index (χ3n) is 13.7. The number of carbonyl (C=O) groups is 2. The van der Waals surface area contributed by atoms with Crippen molar-refractivity contribution in [1.82, 2.24) is 10.6 Å². The van der Waals surface area contributed by atoms with Crippen molar-refractivity contribution in [3.63, 3.8) is 0 Å². The van der Waals surface area contributed by atoms with Crippen molar-refractivity contribution in [2.75, 3.05) is 6.54 Å². The molecule has 8 nitrogen and oxygen atoms in total. The fraction of sp³-hybridized carbons (Fsp3) is 0.875. The molecule has 5 rings (SSSR count). The van der Waals surface area contributed by atoms with Crippen molar-refractivity contribution in [3.8, 4) is 0 Å². The molecular formula is C40H70N4O4Pt. The Morgan fingerprint density at radius 2 is 1.73 bits per heavy atom. The van der Waals surface area contributed by atoms with Gasteiger partial charge in [-0.3, -0.25) is 14.4 Å². The van der Waals surface area contributed by atoms with E-state index in [0.717, 1.165) is 67.6 Å². The molecule has 0 unspecified atom stereocenters. The van der Waals surface area contributed by atoms with Crippen LogP contribution in [0.2, 0.25) is 0 Å². The molecule has 4 saturated carbocycles. The molecule has 0 radical (unpaired) electrons. The molecule has 0 bridgehead atoms. The van der Waals surface area contributed by atoms with Gasteiger partial charge in [0.1, 0.15) is 0 Å². The molecule has 0 aromatic rings. The monoisotopic (exact) mass is 866 g/mol. The number of allylic oxidation sites excluding steroid dienone is 1. The van der Waals surface area contributed by atoms with Gasteiger partial charge in [0.2, 0.25) is 5.91 Å². The van der Waals surface area contributed by atoms with E-state index in [2.05, 4.69) is 51.3 Å². The van der Waals surface area contributed by atoms with Crippen LogP contribution in [0, 0.1) is 46.3 Å². The zero-order valence-electron chi connectivity index (χ0n) is 31.3. The minimum atomic E-state index is -0.949. The summed E-state index contributed by atoms with van der Waals surface area (Å²) in [5.41, 5.74) is 15.3. The number of aliphatic carboxylic acids is 1. The Balaban J connectivity index is 0.000000634. The summed E-state index contributed by atoms with van der Waals surface area (Å²) in [6.45, 7) is 12.8. The molecular weight excluding hydrogens is 796 g/mol. The minimum Gasteiger partial charge on any atom is -0.673 e. The summed E-state index contributed by atoms with van der Waals surface area (Å²) >= 11 is 0. The van der Waals surface area contributed by atoms with Gasteiger partial charge in [-0.05, 0) is 110 Å². The van der Waals surface area contributed by atoms with Gasteiger partial charge in [-0.25, -0.2) is 0 Å². The topological polar surface area (TPSA) is 150 Å². The van der Waals surface area contributed by atoms with E-state index in [1.54, 1.807) is 5.57 Å². The molecule has 0 spiro atoms. The van der Waals surface area contributed by atoms with Gasteiger partial charge in [0.15, 0.2) is 0 Å². The Hall–Kier alpha value is -1.24. The predicted molar refractivity (Wildman–Crippen MR) is 196 cm³/mol. The van der Waals surface area contributed by atoms with Gasteiger partial charge in [-0.15, -0.1) is 6.04 Å². The zero-order valence-corrected chi connectivity index (χ0v) is 33.6. The zero-order chi connectivity index (χ0) is 35.1. The van der Waals surface area contributed by atoms with E-state index in [-0.39, 0.29) is 75.7 Å². The van der Waals surface area contributed by atoms with Gasteiger partial charge < -0.3 is 27.2 Å². The summed E-state index contributed by atoms with van der Waals surface area (Å²) < 4.78 is 0. The van der Waals surface area contributed by atoms with Crippen molar-refractivity contribution < 1.29 is 40.6 Å². The van der Waals surface area contributed by atoms with E-state index in [9.17, 15) is 14.4 Å². The van der Waals surface area contributed by atoms with Crippen LogP contribution >= 0.6 is 0 Å². The van der Waals surface area contributed by atoms with Crippen LogP contribution in [0.3, 0.4) is 0 Å². The Morgan fingerprint density at radius 1 is 1.00 bits per heavy atom. The van der Waals surface area contributed by atoms with Crippen LogP contribution in [0.4, 0.5) is 0 Å². The summed E-state index contributed by atoms with van der Waals surface area (Å²) in [4.78, 5) is 33.0. The number of amides is 2. The first-order valence-electron chi connectivity index (χ1n) is 19.7. The predicted octanol–water partition coefficient (Wildman–Crippen LogP) is 8.17. The number of carboxylic acids is 1.